The second-order valence-corrected chi connectivity index (χ2v) is 5.26. The fraction of sp³-hybridized carbons (Fsp3) is 0.467. The third kappa shape index (κ3) is 2.61. The Hall–Kier alpha value is -2.04. The molecule has 3 rings (SSSR count). The van der Waals surface area contributed by atoms with Crippen LogP contribution in [0.2, 0.25) is 0 Å². The van der Waals surface area contributed by atoms with Gasteiger partial charge in [0.1, 0.15) is 0 Å². The highest BCUT2D eigenvalue weighted by atomic mass is 16.7. The van der Waals surface area contributed by atoms with E-state index < -0.39 is 0 Å². The van der Waals surface area contributed by atoms with E-state index >= 15 is 0 Å². The summed E-state index contributed by atoms with van der Waals surface area (Å²) in [5, 5.41) is 4.28. The molecule has 0 saturated heterocycles. The average molecular weight is 274 g/mol. The number of nitrogens with zero attached hydrogens (tertiary/aromatic N) is 1. The van der Waals surface area contributed by atoms with Gasteiger partial charge in [-0.05, 0) is 43.4 Å². The average Bonchev–Trinajstić information content (AvgIpc) is 2.93. The first-order valence-electron chi connectivity index (χ1n) is 7.00. The van der Waals surface area contributed by atoms with Gasteiger partial charge in [-0.3, -0.25) is 4.79 Å². The molecule has 106 valence electrons. The van der Waals surface area contributed by atoms with E-state index in [1.807, 2.05) is 0 Å². The number of ether oxygens (including phenoxy) is 2. The molecule has 5 heteroatoms. The molecule has 0 bridgehead atoms. The number of fused-ring (bicyclic) bond motifs is 1. The standard InChI is InChI=1S/C15H18N2O3/c1-10-4-2-3-5-12(10)16-17-15(18)11-6-7-13-14(8-11)20-9-19-13/h6-8,10H,2-5,9H2,1H3,(H,17,18)/b16-12-/t10-/m0/s1. The summed E-state index contributed by atoms with van der Waals surface area (Å²) in [6.07, 6.45) is 4.53. The maximum atomic E-state index is 12.1. The van der Waals surface area contributed by atoms with Crippen LogP contribution < -0.4 is 14.9 Å². The van der Waals surface area contributed by atoms with Crippen molar-refractivity contribution in [1.82, 2.24) is 5.43 Å². The van der Waals surface area contributed by atoms with E-state index in [-0.39, 0.29) is 12.7 Å². The molecule has 1 N–H and O–H groups in total. The molecule has 0 spiro atoms. The van der Waals surface area contributed by atoms with Crippen LogP contribution in [0.25, 0.3) is 0 Å². The molecule has 1 aromatic carbocycles. The Morgan fingerprint density at radius 2 is 2.15 bits per heavy atom. The van der Waals surface area contributed by atoms with Crippen molar-refractivity contribution in [1.29, 1.82) is 0 Å². The number of hydrogen-bond acceptors (Lipinski definition) is 4. The summed E-state index contributed by atoms with van der Waals surface area (Å²) < 4.78 is 10.5. The van der Waals surface area contributed by atoms with Crippen molar-refractivity contribution < 1.29 is 14.3 Å². The molecule has 5 nitrogen and oxygen atoms in total. The van der Waals surface area contributed by atoms with Crippen LogP contribution in [0.3, 0.4) is 0 Å². The van der Waals surface area contributed by atoms with E-state index in [9.17, 15) is 4.79 Å². The number of nitrogens with one attached hydrogen (secondary N) is 1. The highest BCUT2D eigenvalue weighted by Crippen LogP contribution is 2.32. The van der Waals surface area contributed by atoms with Crippen LogP contribution in [0.5, 0.6) is 11.5 Å². The lowest BCUT2D eigenvalue weighted by atomic mass is 9.89. The van der Waals surface area contributed by atoms with Crippen LogP contribution in [0, 0.1) is 5.92 Å². The molecule has 1 amide bonds. The first kappa shape index (κ1) is 13.0. The van der Waals surface area contributed by atoms with Crippen molar-refractivity contribution in [3.05, 3.63) is 23.8 Å². The summed E-state index contributed by atoms with van der Waals surface area (Å²) >= 11 is 0. The predicted octanol–water partition coefficient (Wildman–Crippen LogP) is 2.71. The molecule has 1 aromatic rings. The largest absolute Gasteiger partial charge is 0.454 e. The minimum absolute atomic E-state index is 0.209. The quantitative estimate of drug-likeness (QED) is 0.843. The van der Waals surface area contributed by atoms with Crippen molar-refractivity contribution >= 4 is 11.6 Å². The van der Waals surface area contributed by atoms with E-state index in [0.717, 1.165) is 25.0 Å². The number of benzene rings is 1. The Morgan fingerprint density at radius 1 is 1.30 bits per heavy atom. The van der Waals surface area contributed by atoms with E-state index in [4.69, 9.17) is 9.47 Å². The lowest BCUT2D eigenvalue weighted by molar-refractivity contribution is 0.0954. The van der Waals surface area contributed by atoms with Gasteiger partial charge in [0, 0.05) is 11.3 Å². The summed E-state index contributed by atoms with van der Waals surface area (Å²) in [5.41, 5.74) is 4.26. The van der Waals surface area contributed by atoms with Crippen LogP contribution in [0.4, 0.5) is 0 Å². The highest BCUT2D eigenvalue weighted by molar-refractivity contribution is 5.96. The van der Waals surface area contributed by atoms with Crippen LogP contribution in [0.1, 0.15) is 43.0 Å². The lowest BCUT2D eigenvalue weighted by Crippen LogP contribution is -2.24. The minimum Gasteiger partial charge on any atom is -0.454 e. The molecule has 1 fully saturated rings. The molecular formula is C15H18N2O3. The normalized spacial score (nSPS) is 22.9. The van der Waals surface area contributed by atoms with Gasteiger partial charge < -0.3 is 9.47 Å². The van der Waals surface area contributed by atoms with E-state index in [0.29, 0.717) is 23.0 Å². The number of carbonyl (C=O) groups excluding carboxylic acids is 1. The molecule has 2 aliphatic rings. The smallest absolute Gasteiger partial charge is 0.271 e. The van der Waals surface area contributed by atoms with Gasteiger partial charge in [-0.15, -0.1) is 0 Å². The summed E-state index contributed by atoms with van der Waals surface area (Å²) in [6.45, 7) is 2.37. The lowest BCUT2D eigenvalue weighted by Gasteiger charge is -2.19. The van der Waals surface area contributed by atoms with Crippen LogP contribution in [0.15, 0.2) is 23.3 Å². The minimum atomic E-state index is -0.214. The fourth-order valence-corrected chi connectivity index (χ4v) is 2.56. The van der Waals surface area contributed by atoms with Gasteiger partial charge >= 0.3 is 0 Å². The number of hydrogen-bond donors (Lipinski definition) is 1. The molecule has 0 radical (unpaired) electrons. The first-order chi connectivity index (χ1) is 9.74. The maximum Gasteiger partial charge on any atom is 0.271 e. The Labute approximate surface area is 118 Å². The van der Waals surface area contributed by atoms with Crippen molar-refractivity contribution in [2.24, 2.45) is 11.0 Å². The Balaban J connectivity index is 1.68. The zero-order valence-electron chi connectivity index (χ0n) is 11.5. The Bertz CT molecular complexity index is 554. The highest BCUT2D eigenvalue weighted by Gasteiger charge is 2.18. The fourth-order valence-electron chi connectivity index (χ4n) is 2.56. The van der Waals surface area contributed by atoms with E-state index in [1.165, 1.54) is 6.42 Å². The zero-order chi connectivity index (χ0) is 13.9. The molecule has 1 saturated carbocycles. The molecule has 0 aromatic heterocycles. The van der Waals surface area contributed by atoms with Gasteiger partial charge in [0.05, 0.1) is 0 Å². The van der Waals surface area contributed by atoms with Gasteiger partial charge in [-0.1, -0.05) is 13.3 Å². The molecule has 1 aliphatic carbocycles. The van der Waals surface area contributed by atoms with Gasteiger partial charge in [0.25, 0.3) is 5.91 Å². The van der Waals surface area contributed by atoms with Gasteiger partial charge in [0.2, 0.25) is 6.79 Å². The SMILES string of the molecule is C[C@H]1CCCC/C1=N/NC(=O)c1ccc2c(c1)OCO2. The molecule has 1 atom stereocenters. The van der Waals surface area contributed by atoms with E-state index in [2.05, 4.69) is 17.5 Å². The summed E-state index contributed by atoms with van der Waals surface area (Å²) in [7, 11) is 0. The number of hydrazone groups is 1. The monoisotopic (exact) mass is 274 g/mol. The third-order valence-corrected chi connectivity index (χ3v) is 3.82. The second kappa shape index (κ2) is 5.53. The van der Waals surface area contributed by atoms with Crippen molar-refractivity contribution in [3.8, 4) is 11.5 Å². The Morgan fingerprint density at radius 3 is 3.00 bits per heavy atom. The molecule has 0 unspecified atom stereocenters. The Kier molecular flexibility index (Phi) is 3.58. The molecule has 1 heterocycles. The van der Waals surface area contributed by atoms with Crippen molar-refractivity contribution in [2.45, 2.75) is 32.6 Å². The van der Waals surface area contributed by atoms with Gasteiger partial charge in [-0.2, -0.15) is 5.10 Å². The van der Waals surface area contributed by atoms with Gasteiger partial charge in [-0.25, -0.2) is 5.43 Å². The maximum absolute atomic E-state index is 12.1. The first-order valence-corrected chi connectivity index (χ1v) is 7.00. The number of carbonyl (C=O) groups is 1. The second-order valence-electron chi connectivity index (χ2n) is 5.26. The zero-order valence-corrected chi connectivity index (χ0v) is 11.5. The third-order valence-electron chi connectivity index (χ3n) is 3.82. The van der Waals surface area contributed by atoms with Crippen LogP contribution in [-0.2, 0) is 0 Å². The van der Waals surface area contributed by atoms with Crippen molar-refractivity contribution in [2.75, 3.05) is 6.79 Å². The molecular weight excluding hydrogens is 256 g/mol. The summed E-state index contributed by atoms with van der Waals surface area (Å²) in [5.74, 6) is 1.53. The predicted molar refractivity (Wildman–Crippen MR) is 75.1 cm³/mol. The number of rotatable bonds is 2. The topological polar surface area (TPSA) is 59.9 Å². The number of amides is 1. The van der Waals surface area contributed by atoms with Crippen LogP contribution >= 0.6 is 0 Å². The van der Waals surface area contributed by atoms with Crippen LogP contribution in [-0.4, -0.2) is 18.4 Å². The van der Waals surface area contributed by atoms with E-state index in [1.54, 1.807) is 18.2 Å². The molecule has 20 heavy (non-hydrogen) atoms. The van der Waals surface area contributed by atoms with Crippen molar-refractivity contribution in [3.63, 3.8) is 0 Å². The molecule has 1 aliphatic heterocycles. The summed E-state index contributed by atoms with van der Waals surface area (Å²) in [4.78, 5) is 12.1. The summed E-state index contributed by atoms with van der Waals surface area (Å²) in [6, 6.07) is 5.14. The van der Waals surface area contributed by atoms with Gasteiger partial charge in [0.15, 0.2) is 11.5 Å².